The van der Waals surface area contributed by atoms with Gasteiger partial charge in [0, 0.05) is 19.3 Å². The lowest BCUT2D eigenvalue weighted by Gasteiger charge is -2.21. The van der Waals surface area contributed by atoms with Gasteiger partial charge in [0.2, 0.25) is 0 Å². The molecule has 5 atom stereocenters. The number of phosphoric ester groups is 2. The Kier molecular flexibility index (Phi) is 72.6. The van der Waals surface area contributed by atoms with Crippen molar-refractivity contribution in [1.29, 1.82) is 0 Å². The molecule has 18 heteroatoms. The highest BCUT2D eigenvalue weighted by Gasteiger charge is 2.29. The van der Waals surface area contributed by atoms with E-state index in [0.717, 1.165) is 148 Å². The van der Waals surface area contributed by atoms with Crippen molar-refractivity contribution in [2.75, 3.05) is 39.6 Å². The van der Waals surface area contributed by atoms with Crippen LogP contribution in [0.1, 0.15) is 329 Å². The van der Waals surface area contributed by atoms with Crippen LogP contribution in [-0.2, 0) is 55.8 Å². The second kappa shape index (κ2) is 75.6. The first-order valence-electron chi connectivity index (χ1n) is 39.8. The Morgan fingerprint density at radius 2 is 0.535 bits per heavy atom. The number of esters is 3. The van der Waals surface area contributed by atoms with E-state index < -0.39 is 91.5 Å². The van der Waals surface area contributed by atoms with Crippen molar-refractivity contribution < 1.29 is 75.8 Å². The molecule has 0 rings (SSSR count). The molecule has 0 aliphatic carbocycles. The summed E-state index contributed by atoms with van der Waals surface area (Å²) in [6.45, 7) is 2.49. The number of ether oxygens (including phenoxy) is 3. The highest BCUT2D eigenvalue weighted by atomic mass is 31.2. The predicted molar refractivity (Wildman–Crippen MR) is 417 cm³/mol. The van der Waals surface area contributed by atoms with E-state index in [9.17, 15) is 43.5 Å². The molecular formula is C83H144O16P2. The lowest BCUT2D eigenvalue weighted by Crippen LogP contribution is -2.30. The fourth-order valence-corrected chi connectivity index (χ4v) is 12.1. The Morgan fingerprint density at radius 1 is 0.287 bits per heavy atom. The Hall–Kier alpha value is -4.05. The fraction of sp³-hybridized carbons (Fsp3) is 0.723. The molecule has 0 spiro atoms. The van der Waals surface area contributed by atoms with Gasteiger partial charge in [-0.25, -0.2) is 9.13 Å². The van der Waals surface area contributed by atoms with E-state index in [1.54, 1.807) is 0 Å². The zero-order valence-corrected chi connectivity index (χ0v) is 65.3. The molecule has 0 aliphatic heterocycles. The number of hydrogen-bond donors (Lipinski definition) is 4. The summed E-state index contributed by atoms with van der Waals surface area (Å²) in [5, 5.41) is 20.6. The summed E-state index contributed by atoms with van der Waals surface area (Å²) in [4.78, 5) is 58.6. The van der Waals surface area contributed by atoms with Gasteiger partial charge in [-0.3, -0.25) is 32.5 Å². The Labute approximate surface area is 614 Å². The Morgan fingerprint density at radius 3 is 0.871 bits per heavy atom. The summed E-state index contributed by atoms with van der Waals surface area (Å²) in [6.07, 6.45) is 89.8. The molecule has 5 unspecified atom stereocenters. The normalized spacial score (nSPS) is 14.6. The van der Waals surface area contributed by atoms with Crippen molar-refractivity contribution in [3.8, 4) is 0 Å². The van der Waals surface area contributed by atoms with E-state index in [1.165, 1.54) is 122 Å². The number of carbonyl (C=O) groups is 3. The van der Waals surface area contributed by atoms with Gasteiger partial charge in [0.05, 0.1) is 26.4 Å². The van der Waals surface area contributed by atoms with Crippen molar-refractivity contribution in [2.45, 2.75) is 347 Å². The van der Waals surface area contributed by atoms with Gasteiger partial charge in [-0.1, -0.05) is 303 Å². The van der Waals surface area contributed by atoms with Crippen molar-refractivity contribution >= 4 is 33.6 Å². The first-order chi connectivity index (χ1) is 49.2. The maximum Gasteiger partial charge on any atom is 0.472 e. The molecule has 0 bridgehead atoms. The van der Waals surface area contributed by atoms with Crippen LogP contribution >= 0.6 is 15.6 Å². The minimum absolute atomic E-state index is 0.0913. The van der Waals surface area contributed by atoms with E-state index in [0.29, 0.717) is 19.3 Å². The smallest absolute Gasteiger partial charge is 0.463 e. The molecule has 0 aromatic heterocycles. The predicted octanol–water partition coefficient (Wildman–Crippen LogP) is 23.3. The molecule has 0 saturated heterocycles. The van der Waals surface area contributed by atoms with E-state index in [-0.39, 0.29) is 19.3 Å². The molecular weight excluding hydrogens is 1310 g/mol. The van der Waals surface area contributed by atoms with Gasteiger partial charge in [-0.2, -0.15) is 0 Å². The quantitative estimate of drug-likeness (QED) is 0.0146. The number of aliphatic hydroxyl groups is 2. The lowest BCUT2D eigenvalue weighted by atomic mass is 10.0. The minimum atomic E-state index is -4.93. The van der Waals surface area contributed by atoms with Crippen LogP contribution in [0.4, 0.5) is 0 Å². The molecule has 0 heterocycles. The largest absolute Gasteiger partial charge is 0.472 e. The summed E-state index contributed by atoms with van der Waals surface area (Å²) in [6, 6.07) is 0. The molecule has 0 amide bonds. The molecule has 101 heavy (non-hydrogen) atoms. The van der Waals surface area contributed by atoms with Crippen LogP contribution < -0.4 is 0 Å². The Balaban J connectivity index is 4.44. The van der Waals surface area contributed by atoms with E-state index in [4.69, 9.17) is 32.3 Å². The van der Waals surface area contributed by atoms with Crippen LogP contribution in [-0.4, -0.2) is 95.9 Å². The van der Waals surface area contributed by atoms with Crippen molar-refractivity contribution in [1.82, 2.24) is 0 Å². The monoisotopic (exact) mass is 1460 g/mol. The molecule has 582 valence electrons. The zero-order chi connectivity index (χ0) is 73.7. The van der Waals surface area contributed by atoms with E-state index >= 15 is 0 Å². The molecule has 0 aromatic carbocycles. The van der Waals surface area contributed by atoms with Gasteiger partial charge >= 0.3 is 33.6 Å². The van der Waals surface area contributed by atoms with Crippen LogP contribution in [0.15, 0.2) is 122 Å². The second-order valence-electron chi connectivity index (χ2n) is 26.5. The van der Waals surface area contributed by atoms with E-state index in [1.807, 2.05) is 0 Å². The van der Waals surface area contributed by atoms with Crippen LogP contribution in [0.3, 0.4) is 0 Å². The van der Waals surface area contributed by atoms with Crippen LogP contribution in [0, 0.1) is 0 Å². The first-order valence-corrected chi connectivity index (χ1v) is 42.8. The van der Waals surface area contributed by atoms with Crippen LogP contribution in [0.25, 0.3) is 0 Å². The number of hydrogen-bond acceptors (Lipinski definition) is 14. The topological polar surface area (TPSA) is 231 Å². The highest BCUT2D eigenvalue weighted by Crippen LogP contribution is 2.45. The zero-order valence-electron chi connectivity index (χ0n) is 63.5. The molecule has 0 aliphatic rings. The lowest BCUT2D eigenvalue weighted by molar-refractivity contribution is -0.161. The molecule has 16 nitrogen and oxygen atoms in total. The standard InChI is InChI=1S/C83H144O16P2/c1-4-7-10-13-16-19-22-24-26-28-30-32-34-36-37-38-39-41-43-44-46-48-50-52-55-57-60-63-66-69-81(86)93-72-78(84)73-95-100(89,90)96-74-79(85)75-97-101(91,92)98-77-80(99-83(88)71-68-65-62-59-54-21-18-15-12-9-6-3)76-94-82(87)70-67-64-61-58-56-53-51-49-47-45-42-40-35-33-31-29-27-25-23-20-17-14-11-8-5-2/h8,11,15-20,24-27,30-33,36-37,40,42,78-80,84-85H,4-7,9-10,12-14,21-23,28-29,34-35,38-39,41,43-77H2,1-3H3,(H,89,90)(H,91,92)/b11-8-,18-15-,19-16-,20-17-,26-24-,27-25-,32-30-,33-31-,37-36-,42-40-. The van der Waals surface area contributed by atoms with Crippen molar-refractivity contribution in [3.05, 3.63) is 122 Å². The Bertz CT molecular complexity index is 2320. The highest BCUT2D eigenvalue weighted by molar-refractivity contribution is 7.47. The number of rotatable bonds is 75. The summed E-state index contributed by atoms with van der Waals surface area (Å²) < 4.78 is 61.1. The number of unbranched alkanes of at least 4 members (excludes halogenated alkanes) is 32. The maximum absolute atomic E-state index is 12.9. The number of allylic oxidation sites excluding steroid dienone is 20. The third-order valence-electron chi connectivity index (χ3n) is 16.6. The van der Waals surface area contributed by atoms with E-state index in [2.05, 4.69) is 142 Å². The third-order valence-corrected chi connectivity index (χ3v) is 18.5. The minimum Gasteiger partial charge on any atom is -0.463 e. The van der Waals surface area contributed by atoms with Gasteiger partial charge in [0.15, 0.2) is 6.10 Å². The third kappa shape index (κ3) is 76.9. The summed E-state index contributed by atoms with van der Waals surface area (Å²) >= 11 is 0. The fourth-order valence-electron chi connectivity index (χ4n) is 10.6. The van der Waals surface area contributed by atoms with Gasteiger partial charge in [-0.15, -0.1) is 0 Å². The second-order valence-corrected chi connectivity index (χ2v) is 29.4. The number of phosphoric acid groups is 2. The van der Waals surface area contributed by atoms with Gasteiger partial charge in [0.25, 0.3) is 0 Å². The molecule has 0 aromatic rings. The first kappa shape index (κ1) is 97.0. The summed E-state index contributed by atoms with van der Waals surface area (Å²) in [5.74, 6) is -1.59. The average Bonchev–Trinajstić information content (AvgIpc) is 0.950. The maximum atomic E-state index is 12.9. The van der Waals surface area contributed by atoms with Gasteiger partial charge in [-0.05, 0) is 128 Å². The summed E-state index contributed by atoms with van der Waals surface area (Å²) in [7, 11) is -9.79. The number of aliphatic hydroxyl groups excluding tert-OH is 2. The van der Waals surface area contributed by atoms with Gasteiger partial charge in [0.1, 0.15) is 25.4 Å². The SMILES string of the molecule is CC/C=C\C/C=C\C/C=C\C/C=C\C/C=C\CCCCCCCCCCCC(=O)OCC(COP(=O)(O)OCC(O)COP(=O)(O)OCC(O)COC(=O)CCCCCCCCCCCCCCC/C=C\C/C=C\C/C=C\C/C=C\CCCCC)OC(=O)CCCCCCC/C=C\CCCC. The molecule has 4 N–H and O–H groups in total. The van der Waals surface area contributed by atoms with Crippen LogP contribution in [0.2, 0.25) is 0 Å². The number of carbonyl (C=O) groups excluding carboxylic acids is 3. The molecule has 0 radical (unpaired) electrons. The van der Waals surface area contributed by atoms with Crippen molar-refractivity contribution in [3.63, 3.8) is 0 Å². The average molecular weight is 1460 g/mol. The van der Waals surface area contributed by atoms with Crippen molar-refractivity contribution in [2.24, 2.45) is 0 Å². The molecule has 0 fully saturated rings. The van der Waals surface area contributed by atoms with Gasteiger partial charge < -0.3 is 34.2 Å². The summed E-state index contributed by atoms with van der Waals surface area (Å²) in [5.41, 5.74) is 0. The molecule has 0 saturated carbocycles. The van der Waals surface area contributed by atoms with Crippen LogP contribution in [0.5, 0.6) is 0 Å².